The minimum atomic E-state index is -0.947. The third kappa shape index (κ3) is 7.93. The standard InChI is InChI=1S/C10H19NO4/c1-5-10(14)15-8(6-9(12)13)7-11(2,3)4/h8H,5-7H2,1-4H3/p+1/t8-/m0/s1. The number of carbonyl (C=O) groups excluding carboxylic acids is 1. The number of aliphatic carboxylic acids is 1. The van der Waals surface area contributed by atoms with Crippen molar-refractivity contribution < 1.29 is 23.9 Å². The lowest BCUT2D eigenvalue weighted by Gasteiger charge is -2.28. The largest absolute Gasteiger partial charge is 0.481 e. The van der Waals surface area contributed by atoms with Gasteiger partial charge in [0.2, 0.25) is 0 Å². The second-order valence-electron chi connectivity index (χ2n) is 4.54. The highest BCUT2D eigenvalue weighted by atomic mass is 16.5. The summed E-state index contributed by atoms with van der Waals surface area (Å²) in [5.41, 5.74) is 0. The van der Waals surface area contributed by atoms with Crippen molar-refractivity contribution in [2.45, 2.75) is 25.9 Å². The zero-order valence-electron chi connectivity index (χ0n) is 9.82. The molecule has 0 radical (unpaired) electrons. The number of rotatable bonds is 6. The number of esters is 1. The van der Waals surface area contributed by atoms with E-state index in [9.17, 15) is 9.59 Å². The van der Waals surface area contributed by atoms with Gasteiger partial charge in [-0.3, -0.25) is 9.59 Å². The molecule has 0 fully saturated rings. The molecule has 0 aliphatic heterocycles. The minimum Gasteiger partial charge on any atom is -0.481 e. The highest BCUT2D eigenvalue weighted by molar-refractivity contribution is 5.71. The first-order chi connectivity index (χ1) is 6.74. The van der Waals surface area contributed by atoms with Crippen molar-refractivity contribution in [3.05, 3.63) is 0 Å². The number of hydrogen-bond acceptors (Lipinski definition) is 3. The summed E-state index contributed by atoms with van der Waals surface area (Å²) in [4.78, 5) is 21.6. The molecule has 0 amide bonds. The van der Waals surface area contributed by atoms with Gasteiger partial charge in [-0.1, -0.05) is 6.92 Å². The van der Waals surface area contributed by atoms with Crippen LogP contribution < -0.4 is 0 Å². The molecule has 0 aromatic carbocycles. The molecule has 0 aliphatic carbocycles. The van der Waals surface area contributed by atoms with Crippen LogP contribution in [0.25, 0.3) is 0 Å². The first-order valence-electron chi connectivity index (χ1n) is 4.96. The third-order valence-corrected chi connectivity index (χ3v) is 1.74. The Morgan fingerprint density at radius 2 is 1.87 bits per heavy atom. The van der Waals surface area contributed by atoms with Gasteiger partial charge in [-0.15, -0.1) is 0 Å². The third-order valence-electron chi connectivity index (χ3n) is 1.74. The van der Waals surface area contributed by atoms with E-state index in [0.29, 0.717) is 11.0 Å². The SMILES string of the molecule is CCC(=O)O[C@@H](CC(=O)O)C[N+](C)(C)C. The van der Waals surface area contributed by atoms with Gasteiger partial charge in [0.15, 0.2) is 6.10 Å². The van der Waals surface area contributed by atoms with E-state index in [-0.39, 0.29) is 18.8 Å². The molecule has 0 bridgehead atoms. The Kier molecular flexibility index (Phi) is 5.28. The number of likely N-dealkylation sites (N-methyl/N-ethyl adjacent to an activating group) is 1. The fourth-order valence-corrected chi connectivity index (χ4v) is 1.22. The smallest absolute Gasteiger partial charge is 0.307 e. The van der Waals surface area contributed by atoms with Gasteiger partial charge in [-0.2, -0.15) is 0 Å². The zero-order valence-corrected chi connectivity index (χ0v) is 9.82. The number of quaternary nitrogens is 1. The van der Waals surface area contributed by atoms with Crippen LogP contribution in [0.1, 0.15) is 19.8 Å². The average Bonchev–Trinajstić information content (AvgIpc) is 1.99. The van der Waals surface area contributed by atoms with Crippen LogP contribution in [-0.2, 0) is 14.3 Å². The summed E-state index contributed by atoms with van der Waals surface area (Å²) >= 11 is 0. The summed E-state index contributed by atoms with van der Waals surface area (Å²) in [5, 5.41) is 8.67. The van der Waals surface area contributed by atoms with Gasteiger partial charge in [-0.05, 0) is 0 Å². The van der Waals surface area contributed by atoms with Gasteiger partial charge in [0.05, 0.1) is 27.6 Å². The van der Waals surface area contributed by atoms with Gasteiger partial charge < -0.3 is 14.3 Å². The topological polar surface area (TPSA) is 63.6 Å². The molecule has 88 valence electrons. The van der Waals surface area contributed by atoms with Crippen LogP contribution in [0, 0.1) is 0 Å². The van der Waals surface area contributed by atoms with Crippen LogP contribution in [0.15, 0.2) is 0 Å². The monoisotopic (exact) mass is 218 g/mol. The van der Waals surface area contributed by atoms with Crippen LogP contribution in [0.3, 0.4) is 0 Å². The normalized spacial score (nSPS) is 13.3. The number of carbonyl (C=O) groups is 2. The molecule has 0 aromatic heterocycles. The maximum absolute atomic E-state index is 11.1. The van der Waals surface area contributed by atoms with E-state index in [1.807, 2.05) is 21.1 Å². The predicted molar refractivity (Wildman–Crippen MR) is 55.3 cm³/mol. The molecule has 0 unspecified atom stereocenters. The second kappa shape index (κ2) is 5.70. The van der Waals surface area contributed by atoms with Crippen molar-refractivity contribution in [3.63, 3.8) is 0 Å². The van der Waals surface area contributed by atoms with E-state index < -0.39 is 12.1 Å². The molecular formula is C10H20NO4+. The molecule has 1 N–H and O–H groups in total. The van der Waals surface area contributed by atoms with Gasteiger partial charge in [0, 0.05) is 6.42 Å². The summed E-state index contributed by atoms with van der Waals surface area (Å²) in [6.45, 7) is 2.18. The second-order valence-corrected chi connectivity index (χ2v) is 4.54. The van der Waals surface area contributed by atoms with E-state index in [0.717, 1.165) is 0 Å². The van der Waals surface area contributed by atoms with Crippen LogP contribution in [-0.4, -0.2) is 55.3 Å². The predicted octanol–water partition coefficient (Wildman–Crippen LogP) is 0.489. The van der Waals surface area contributed by atoms with E-state index in [1.165, 1.54) is 0 Å². The summed E-state index contributed by atoms with van der Waals surface area (Å²) in [6.07, 6.45) is -0.413. The lowest BCUT2D eigenvalue weighted by molar-refractivity contribution is -0.873. The Morgan fingerprint density at radius 3 is 2.20 bits per heavy atom. The highest BCUT2D eigenvalue weighted by Gasteiger charge is 2.23. The maximum atomic E-state index is 11.1. The Balaban J connectivity index is 4.31. The van der Waals surface area contributed by atoms with Crippen molar-refractivity contribution >= 4 is 11.9 Å². The Labute approximate surface area is 90.2 Å². The molecule has 1 atom stereocenters. The summed E-state index contributed by atoms with van der Waals surface area (Å²) in [6, 6.07) is 0. The maximum Gasteiger partial charge on any atom is 0.307 e. The number of carboxylic acid groups (broad SMARTS) is 1. The van der Waals surface area contributed by atoms with Gasteiger partial charge in [-0.25, -0.2) is 0 Å². The molecule has 0 aromatic rings. The quantitative estimate of drug-likeness (QED) is 0.520. The molecule has 15 heavy (non-hydrogen) atoms. The molecular weight excluding hydrogens is 198 g/mol. The summed E-state index contributed by atoms with van der Waals surface area (Å²) in [7, 11) is 5.78. The van der Waals surface area contributed by atoms with E-state index in [1.54, 1.807) is 6.92 Å². The Morgan fingerprint density at radius 1 is 1.33 bits per heavy atom. The lowest BCUT2D eigenvalue weighted by atomic mass is 10.2. The molecule has 5 nitrogen and oxygen atoms in total. The lowest BCUT2D eigenvalue weighted by Crippen LogP contribution is -2.43. The molecule has 5 heteroatoms. The molecule has 0 heterocycles. The van der Waals surface area contributed by atoms with Crippen molar-refractivity contribution in [2.24, 2.45) is 0 Å². The van der Waals surface area contributed by atoms with Crippen molar-refractivity contribution in [1.29, 1.82) is 0 Å². The van der Waals surface area contributed by atoms with Crippen LogP contribution in [0.2, 0.25) is 0 Å². The molecule has 0 rings (SSSR count). The van der Waals surface area contributed by atoms with Crippen molar-refractivity contribution in [2.75, 3.05) is 27.7 Å². The summed E-state index contributed by atoms with van der Waals surface area (Å²) < 4.78 is 5.62. The van der Waals surface area contributed by atoms with Crippen LogP contribution >= 0.6 is 0 Å². The number of ether oxygens (including phenoxy) is 1. The number of carboxylic acids is 1. The molecule has 0 saturated carbocycles. The zero-order chi connectivity index (χ0) is 12.1. The van der Waals surface area contributed by atoms with Crippen molar-refractivity contribution in [3.8, 4) is 0 Å². The van der Waals surface area contributed by atoms with E-state index in [4.69, 9.17) is 9.84 Å². The Hall–Kier alpha value is -1.10. The van der Waals surface area contributed by atoms with Crippen molar-refractivity contribution in [1.82, 2.24) is 0 Å². The highest BCUT2D eigenvalue weighted by Crippen LogP contribution is 2.06. The number of nitrogens with zero attached hydrogens (tertiary/aromatic N) is 1. The molecule has 0 aliphatic rings. The first-order valence-corrected chi connectivity index (χ1v) is 4.96. The molecule has 0 saturated heterocycles. The van der Waals surface area contributed by atoms with E-state index in [2.05, 4.69) is 0 Å². The van der Waals surface area contributed by atoms with Gasteiger partial charge in [0.1, 0.15) is 6.54 Å². The fraction of sp³-hybridized carbons (Fsp3) is 0.800. The molecule has 0 spiro atoms. The fourth-order valence-electron chi connectivity index (χ4n) is 1.22. The number of hydrogen-bond donors (Lipinski definition) is 1. The van der Waals surface area contributed by atoms with E-state index >= 15 is 0 Å². The van der Waals surface area contributed by atoms with Crippen LogP contribution in [0.5, 0.6) is 0 Å². The minimum absolute atomic E-state index is 0.138. The van der Waals surface area contributed by atoms with Gasteiger partial charge in [0.25, 0.3) is 0 Å². The van der Waals surface area contributed by atoms with Gasteiger partial charge >= 0.3 is 11.9 Å². The Bertz CT molecular complexity index is 232. The summed E-state index contributed by atoms with van der Waals surface area (Å²) in [5.74, 6) is -1.30. The average molecular weight is 218 g/mol. The van der Waals surface area contributed by atoms with Crippen LogP contribution in [0.4, 0.5) is 0 Å². The first kappa shape index (κ1) is 13.9.